The maximum atomic E-state index is 13.8. The fourth-order valence-corrected chi connectivity index (χ4v) is 5.61. The lowest BCUT2D eigenvalue weighted by molar-refractivity contribution is -0.124. The molecule has 1 fully saturated rings. The molecule has 3 aromatic rings. The first-order valence-electron chi connectivity index (χ1n) is 12.2. The molecule has 1 aromatic heterocycles. The van der Waals surface area contributed by atoms with Gasteiger partial charge in [0.2, 0.25) is 15.8 Å². The predicted octanol–water partition coefficient (Wildman–Crippen LogP) is 2.59. The Hall–Kier alpha value is -3.57. The molecule has 4 rings (SSSR count). The van der Waals surface area contributed by atoms with E-state index in [1.165, 1.54) is 50.6 Å². The monoisotopic (exact) mass is 542 g/mol. The first-order chi connectivity index (χ1) is 17.8. The normalized spacial score (nSPS) is 18.5. The number of piperazine rings is 1. The molecule has 0 spiro atoms. The molecule has 1 aliphatic rings. The number of rotatable bonds is 6. The molecule has 0 aliphatic carbocycles. The molecule has 2 aromatic carbocycles. The number of likely N-dealkylation sites (N-methyl/N-ethyl adjacent to an activating group) is 1. The molecule has 0 radical (unpaired) electrons. The number of halogens is 1. The molecule has 0 saturated carbocycles. The van der Waals surface area contributed by atoms with Crippen molar-refractivity contribution in [2.45, 2.75) is 32.5 Å². The van der Waals surface area contributed by atoms with Gasteiger partial charge in [-0.3, -0.25) is 19.3 Å². The Kier molecular flexibility index (Phi) is 7.44. The van der Waals surface area contributed by atoms with E-state index in [0.717, 1.165) is 20.7 Å². The van der Waals surface area contributed by atoms with Gasteiger partial charge in [-0.05, 0) is 49.7 Å². The van der Waals surface area contributed by atoms with Crippen molar-refractivity contribution in [1.29, 1.82) is 0 Å². The third-order valence-corrected chi connectivity index (χ3v) is 7.91. The van der Waals surface area contributed by atoms with E-state index in [0.29, 0.717) is 19.6 Å². The number of carbonyl (C=O) groups is 3. The highest BCUT2D eigenvalue weighted by atomic mass is 32.2. The average molecular weight is 543 g/mol. The van der Waals surface area contributed by atoms with Crippen LogP contribution in [0.2, 0.25) is 0 Å². The molecule has 9 nitrogen and oxygen atoms in total. The summed E-state index contributed by atoms with van der Waals surface area (Å²) in [4.78, 5) is 43.8. The summed E-state index contributed by atoms with van der Waals surface area (Å²) in [6, 6.07) is 10.4. The first-order valence-corrected chi connectivity index (χ1v) is 14.0. The van der Waals surface area contributed by atoms with Gasteiger partial charge in [-0.1, -0.05) is 12.1 Å². The van der Waals surface area contributed by atoms with Crippen LogP contribution in [0.3, 0.4) is 0 Å². The van der Waals surface area contributed by atoms with Crippen LogP contribution in [0, 0.1) is 5.82 Å². The van der Waals surface area contributed by atoms with Crippen LogP contribution in [0.5, 0.6) is 0 Å². The van der Waals surface area contributed by atoms with E-state index < -0.39 is 21.7 Å². The van der Waals surface area contributed by atoms with Crippen molar-refractivity contribution in [1.82, 2.24) is 18.7 Å². The second-order valence-electron chi connectivity index (χ2n) is 10.1. The summed E-state index contributed by atoms with van der Waals surface area (Å²) >= 11 is 0. The van der Waals surface area contributed by atoms with E-state index >= 15 is 0 Å². The van der Waals surface area contributed by atoms with Gasteiger partial charge in [-0.15, -0.1) is 0 Å². The molecular formula is C27H31FN4O5S. The molecule has 1 saturated heterocycles. The van der Waals surface area contributed by atoms with Crippen molar-refractivity contribution in [3.05, 3.63) is 71.2 Å². The Morgan fingerprint density at radius 3 is 2.26 bits per heavy atom. The summed E-state index contributed by atoms with van der Waals surface area (Å²) in [6.45, 7) is 5.48. The SMILES string of the molecule is C[C@@H]1CN(Cc2ccc(F)cc2)[C@@H](C)CN1C(=O)c1cn(S(C)(=O)=O)c2ccc(C(=O)C(=O)N(C)C)cc12. The predicted molar refractivity (Wildman–Crippen MR) is 142 cm³/mol. The molecule has 11 heteroatoms. The van der Waals surface area contributed by atoms with Gasteiger partial charge < -0.3 is 9.80 Å². The van der Waals surface area contributed by atoms with Gasteiger partial charge in [-0.2, -0.15) is 0 Å². The van der Waals surface area contributed by atoms with E-state index in [9.17, 15) is 27.2 Å². The minimum absolute atomic E-state index is 0.0155. The Morgan fingerprint density at radius 1 is 1.00 bits per heavy atom. The quantitative estimate of drug-likeness (QED) is 0.351. The number of ketones is 1. The Labute approximate surface area is 221 Å². The molecule has 0 bridgehead atoms. The standard InChI is InChI=1S/C27H31FN4O5S/c1-17-14-31(18(2)13-30(17)15-19-6-9-21(28)10-7-19)26(34)23-16-32(38(5,36)37)24-11-8-20(12-22(23)24)25(33)27(35)29(3)4/h6-12,16-18H,13-15H2,1-5H3/t17-,18+/m0/s1. The zero-order valence-corrected chi connectivity index (χ0v) is 22.8. The minimum atomic E-state index is -3.76. The van der Waals surface area contributed by atoms with Crippen molar-refractivity contribution >= 4 is 38.5 Å². The van der Waals surface area contributed by atoms with Crippen LogP contribution in [0.4, 0.5) is 4.39 Å². The first kappa shape index (κ1) is 27.5. The Balaban J connectivity index is 1.67. The topological polar surface area (TPSA) is 100 Å². The molecule has 38 heavy (non-hydrogen) atoms. The highest BCUT2D eigenvalue weighted by Crippen LogP contribution is 2.28. The highest BCUT2D eigenvalue weighted by Gasteiger charge is 2.34. The number of benzene rings is 2. The molecule has 0 N–H and O–H groups in total. The van der Waals surface area contributed by atoms with Crippen LogP contribution >= 0.6 is 0 Å². The van der Waals surface area contributed by atoms with E-state index in [1.54, 1.807) is 17.0 Å². The summed E-state index contributed by atoms with van der Waals surface area (Å²) in [6.07, 6.45) is 2.32. The summed E-state index contributed by atoms with van der Waals surface area (Å²) in [5.74, 6) is -2.13. The summed E-state index contributed by atoms with van der Waals surface area (Å²) in [5, 5.41) is 0.284. The zero-order valence-electron chi connectivity index (χ0n) is 22.0. The van der Waals surface area contributed by atoms with E-state index in [1.807, 2.05) is 13.8 Å². The summed E-state index contributed by atoms with van der Waals surface area (Å²) in [5.41, 5.74) is 1.43. The fourth-order valence-electron chi connectivity index (χ4n) is 4.79. The van der Waals surface area contributed by atoms with Crippen LogP contribution < -0.4 is 0 Å². The van der Waals surface area contributed by atoms with E-state index in [4.69, 9.17) is 0 Å². The van der Waals surface area contributed by atoms with E-state index in [2.05, 4.69) is 4.90 Å². The fraction of sp³-hybridized carbons (Fsp3) is 0.370. The maximum absolute atomic E-state index is 13.8. The number of nitrogens with zero attached hydrogens (tertiary/aromatic N) is 4. The van der Waals surface area contributed by atoms with Crippen molar-refractivity contribution in [2.24, 2.45) is 0 Å². The lowest BCUT2D eigenvalue weighted by Gasteiger charge is -2.44. The van der Waals surface area contributed by atoms with Gasteiger partial charge >= 0.3 is 0 Å². The number of amides is 2. The molecule has 2 heterocycles. The summed E-state index contributed by atoms with van der Waals surface area (Å²) in [7, 11) is -0.827. The highest BCUT2D eigenvalue weighted by molar-refractivity contribution is 7.89. The largest absolute Gasteiger partial charge is 0.342 e. The van der Waals surface area contributed by atoms with Crippen molar-refractivity contribution < 1.29 is 27.2 Å². The third kappa shape index (κ3) is 5.34. The number of aromatic nitrogens is 1. The summed E-state index contributed by atoms with van der Waals surface area (Å²) < 4.78 is 39.3. The molecule has 1 aliphatic heterocycles. The minimum Gasteiger partial charge on any atom is -0.342 e. The second-order valence-corrected chi connectivity index (χ2v) is 11.9. The lowest BCUT2D eigenvalue weighted by Crippen LogP contribution is -2.57. The molecule has 2 amide bonds. The van der Waals surface area contributed by atoms with Crippen molar-refractivity contribution in [2.75, 3.05) is 33.4 Å². The number of Topliss-reactive ketones (excluding diaryl/α,β-unsaturated/α-hetero) is 1. The van der Waals surface area contributed by atoms with Crippen molar-refractivity contribution in [3.8, 4) is 0 Å². The van der Waals surface area contributed by atoms with E-state index in [-0.39, 0.29) is 45.8 Å². The van der Waals surface area contributed by atoms with Gasteiger partial charge in [0.1, 0.15) is 5.82 Å². The average Bonchev–Trinajstić information content (AvgIpc) is 3.25. The maximum Gasteiger partial charge on any atom is 0.294 e. The Morgan fingerprint density at radius 2 is 1.66 bits per heavy atom. The zero-order chi connectivity index (χ0) is 27.9. The van der Waals surface area contributed by atoms with Gasteiger partial charge in [0.05, 0.1) is 17.3 Å². The molecule has 2 atom stereocenters. The van der Waals surface area contributed by atoms with Gasteiger partial charge in [0.15, 0.2) is 0 Å². The van der Waals surface area contributed by atoms with Crippen LogP contribution in [-0.2, 0) is 21.4 Å². The van der Waals surface area contributed by atoms with Crippen LogP contribution in [0.25, 0.3) is 10.9 Å². The third-order valence-electron chi connectivity index (χ3n) is 6.90. The van der Waals surface area contributed by atoms with Crippen LogP contribution in [0.15, 0.2) is 48.7 Å². The van der Waals surface area contributed by atoms with Crippen LogP contribution in [0.1, 0.15) is 40.1 Å². The molecular weight excluding hydrogens is 511 g/mol. The number of hydrogen-bond acceptors (Lipinski definition) is 6. The van der Waals surface area contributed by atoms with Gasteiger partial charge in [0.25, 0.3) is 11.8 Å². The second kappa shape index (κ2) is 10.3. The van der Waals surface area contributed by atoms with Crippen molar-refractivity contribution in [3.63, 3.8) is 0 Å². The number of carbonyl (C=O) groups excluding carboxylic acids is 3. The smallest absolute Gasteiger partial charge is 0.294 e. The molecule has 202 valence electrons. The number of fused-ring (bicyclic) bond motifs is 1. The van der Waals surface area contributed by atoms with Crippen LogP contribution in [-0.4, -0.2) is 90.2 Å². The Bertz CT molecular complexity index is 1510. The van der Waals surface area contributed by atoms with Gasteiger partial charge in [0, 0.05) is 63.0 Å². The molecule has 0 unspecified atom stereocenters. The van der Waals surface area contributed by atoms with Gasteiger partial charge in [-0.25, -0.2) is 16.8 Å². The lowest BCUT2D eigenvalue weighted by atomic mass is 10.0. The number of hydrogen-bond donors (Lipinski definition) is 0.